The van der Waals surface area contributed by atoms with Gasteiger partial charge in [-0.05, 0) is 0 Å². The third-order valence-corrected chi connectivity index (χ3v) is 5.33. The maximum absolute atomic E-state index is 10.1. The predicted octanol–water partition coefficient (Wildman–Crippen LogP) is 3.97. The lowest BCUT2D eigenvalue weighted by Gasteiger charge is -2.32. The highest BCUT2D eigenvalue weighted by molar-refractivity contribution is 7.81. The first kappa shape index (κ1) is 19.0. The molecule has 0 amide bonds. The van der Waals surface area contributed by atoms with E-state index in [1.54, 1.807) is 7.11 Å². The second kappa shape index (κ2) is 8.32. The second-order valence-corrected chi connectivity index (χ2v) is 7.26. The van der Waals surface area contributed by atoms with Crippen LogP contribution < -0.4 is 0 Å². The Balaban J connectivity index is 1.72. The van der Waals surface area contributed by atoms with Crippen molar-refractivity contribution in [2.45, 2.75) is 31.3 Å². The molecule has 4 rings (SSSR count). The van der Waals surface area contributed by atoms with Crippen molar-refractivity contribution in [3.63, 3.8) is 0 Å². The van der Waals surface area contributed by atoms with E-state index in [0.29, 0.717) is 23.5 Å². The highest BCUT2D eigenvalue weighted by Gasteiger charge is 2.33. The molecule has 1 aliphatic heterocycles. The van der Waals surface area contributed by atoms with Gasteiger partial charge in [-0.25, -0.2) is 4.98 Å². The molecule has 5 nitrogen and oxygen atoms in total. The van der Waals surface area contributed by atoms with E-state index < -0.39 is 18.5 Å². The van der Waals surface area contributed by atoms with Crippen LogP contribution in [0.4, 0.5) is 0 Å². The Hall–Kier alpha value is -2.38. The van der Waals surface area contributed by atoms with Crippen molar-refractivity contribution in [1.29, 1.82) is 0 Å². The zero-order chi connectivity index (χ0) is 19.5. The SMILES string of the molecule is CO[C@H]1C[C@H](O)C[C@@H](C(=S)c2nc(-c3ccccc3)c(-c3ccccc3)[nH]2)O1. The van der Waals surface area contributed by atoms with Gasteiger partial charge in [-0.3, -0.25) is 0 Å². The summed E-state index contributed by atoms with van der Waals surface area (Å²) in [7, 11) is 1.57. The fraction of sp³-hybridized carbons (Fsp3) is 0.273. The Morgan fingerprint density at radius 1 is 1.07 bits per heavy atom. The molecule has 1 saturated heterocycles. The summed E-state index contributed by atoms with van der Waals surface area (Å²) in [5, 5.41) is 10.1. The van der Waals surface area contributed by atoms with Crippen molar-refractivity contribution in [3.8, 4) is 22.5 Å². The monoisotopic (exact) mass is 394 g/mol. The molecule has 0 radical (unpaired) electrons. The molecule has 1 aromatic heterocycles. The van der Waals surface area contributed by atoms with Crippen molar-refractivity contribution in [2.75, 3.05) is 7.11 Å². The summed E-state index contributed by atoms with van der Waals surface area (Å²) >= 11 is 5.68. The van der Waals surface area contributed by atoms with Crippen LogP contribution in [-0.2, 0) is 9.47 Å². The standard InChI is InChI=1S/C22H22N2O3S/c1-26-18-13-16(25)12-17(27-18)21(28)22-23-19(14-8-4-2-5-9-14)20(24-22)15-10-6-3-7-11-15/h2-11,16-18,25H,12-13H2,1H3,(H,23,24)/t16-,17+,18-/m1/s1. The van der Waals surface area contributed by atoms with E-state index in [1.807, 2.05) is 60.7 Å². The van der Waals surface area contributed by atoms with Crippen molar-refractivity contribution in [3.05, 3.63) is 66.5 Å². The molecule has 0 bridgehead atoms. The molecule has 2 N–H and O–H groups in total. The number of thiocarbonyl (C=S) groups is 1. The first-order valence-corrected chi connectivity index (χ1v) is 9.68. The number of imidazole rings is 1. The molecule has 28 heavy (non-hydrogen) atoms. The average Bonchev–Trinajstić information content (AvgIpc) is 3.19. The highest BCUT2D eigenvalue weighted by atomic mass is 32.1. The number of aliphatic hydroxyl groups excluding tert-OH is 1. The third kappa shape index (κ3) is 3.91. The maximum Gasteiger partial charge on any atom is 0.160 e. The maximum atomic E-state index is 10.1. The van der Waals surface area contributed by atoms with Crippen molar-refractivity contribution in [2.24, 2.45) is 0 Å². The molecule has 0 unspecified atom stereocenters. The number of aliphatic hydroxyl groups is 1. The number of methoxy groups -OCH3 is 1. The van der Waals surface area contributed by atoms with E-state index in [9.17, 15) is 5.11 Å². The fourth-order valence-electron chi connectivity index (χ4n) is 3.44. The first-order valence-electron chi connectivity index (χ1n) is 9.27. The number of nitrogens with zero attached hydrogens (tertiary/aromatic N) is 1. The minimum atomic E-state index is -0.515. The topological polar surface area (TPSA) is 67.4 Å². The molecule has 0 aliphatic carbocycles. The summed E-state index contributed by atoms with van der Waals surface area (Å²) in [5.41, 5.74) is 3.78. The van der Waals surface area contributed by atoms with Gasteiger partial charge in [0.25, 0.3) is 0 Å². The van der Waals surface area contributed by atoms with E-state index in [0.717, 1.165) is 22.5 Å². The highest BCUT2D eigenvalue weighted by Crippen LogP contribution is 2.31. The van der Waals surface area contributed by atoms with Crippen molar-refractivity contribution >= 4 is 17.1 Å². The van der Waals surface area contributed by atoms with Gasteiger partial charge in [0.1, 0.15) is 11.9 Å². The average molecular weight is 394 g/mol. The Morgan fingerprint density at radius 2 is 1.71 bits per heavy atom. The number of aromatic nitrogens is 2. The summed E-state index contributed by atoms with van der Waals surface area (Å²) in [6.07, 6.45) is -0.538. The quantitative estimate of drug-likeness (QED) is 0.506. The largest absolute Gasteiger partial charge is 0.393 e. The molecule has 3 aromatic rings. The van der Waals surface area contributed by atoms with Gasteiger partial charge in [0.05, 0.1) is 22.4 Å². The summed E-state index contributed by atoms with van der Waals surface area (Å²) < 4.78 is 11.2. The van der Waals surface area contributed by atoms with Gasteiger partial charge in [0, 0.05) is 31.1 Å². The van der Waals surface area contributed by atoms with Gasteiger partial charge >= 0.3 is 0 Å². The molecular formula is C22H22N2O3S. The second-order valence-electron chi connectivity index (χ2n) is 6.82. The van der Waals surface area contributed by atoms with Crippen LogP contribution in [0, 0.1) is 0 Å². The molecule has 3 atom stereocenters. The molecule has 0 spiro atoms. The summed E-state index contributed by atoms with van der Waals surface area (Å²) in [5.74, 6) is 0.585. The Kier molecular flexibility index (Phi) is 5.64. The van der Waals surface area contributed by atoms with Crippen LogP contribution in [0.15, 0.2) is 60.7 Å². The third-order valence-electron chi connectivity index (χ3n) is 4.87. The molecule has 1 aliphatic rings. The number of nitrogens with one attached hydrogen (secondary N) is 1. The van der Waals surface area contributed by atoms with Crippen LogP contribution in [0.5, 0.6) is 0 Å². The number of ether oxygens (including phenoxy) is 2. The molecule has 2 aromatic carbocycles. The van der Waals surface area contributed by atoms with E-state index in [4.69, 9.17) is 26.7 Å². The van der Waals surface area contributed by atoms with Crippen LogP contribution in [0.2, 0.25) is 0 Å². The summed E-state index contributed by atoms with van der Waals surface area (Å²) in [6.45, 7) is 0. The lowest BCUT2D eigenvalue weighted by Crippen LogP contribution is -2.40. The molecule has 6 heteroatoms. The molecule has 144 valence electrons. The van der Waals surface area contributed by atoms with Crippen LogP contribution in [0.3, 0.4) is 0 Å². The minimum absolute atomic E-state index is 0.429. The predicted molar refractivity (Wildman–Crippen MR) is 112 cm³/mol. The Morgan fingerprint density at radius 3 is 2.36 bits per heavy atom. The number of aromatic amines is 1. The molecule has 0 saturated carbocycles. The molecule has 1 fully saturated rings. The number of rotatable bonds is 5. The Bertz CT molecular complexity index is 886. The van der Waals surface area contributed by atoms with Gasteiger partial charge in [-0.1, -0.05) is 72.9 Å². The smallest absolute Gasteiger partial charge is 0.160 e. The van der Waals surface area contributed by atoms with E-state index in [1.165, 1.54) is 0 Å². The van der Waals surface area contributed by atoms with Gasteiger partial charge < -0.3 is 19.6 Å². The van der Waals surface area contributed by atoms with Crippen molar-refractivity contribution in [1.82, 2.24) is 9.97 Å². The zero-order valence-electron chi connectivity index (χ0n) is 15.5. The van der Waals surface area contributed by atoms with Gasteiger partial charge in [-0.2, -0.15) is 0 Å². The molecule has 2 heterocycles. The summed E-state index contributed by atoms with van der Waals surface area (Å²) in [4.78, 5) is 8.74. The van der Waals surface area contributed by atoms with Gasteiger partial charge in [0.15, 0.2) is 6.29 Å². The number of hydrogen-bond donors (Lipinski definition) is 2. The number of benzene rings is 2. The number of hydrogen-bond acceptors (Lipinski definition) is 5. The zero-order valence-corrected chi connectivity index (χ0v) is 16.4. The van der Waals surface area contributed by atoms with Crippen LogP contribution in [-0.4, -0.2) is 45.5 Å². The van der Waals surface area contributed by atoms with Crippen molar-refractivity contribution < 1.29 is 14.6 Å². The lowest BCUT2D eigenvalue weighted by atomic mass is 10.0. The van der Waals surface area contributed by atoms with Crippen LogP contribution >= 0.6 is 12.2 Å². The fourth-order valence-corrected chi connectivity index (χ4v) is 3.69. The van der Waals surface area contributed by atoms with Gasteiger partial charge in [-0.15, -0.1) is 0 Å². The van der Waals surface area contributed by atoms with Gasteiger partial charge in [0.2, 0.25) is 0 Å². The van der Waals surface area contributed by atoms with E-state index in [-0.39, 0.29) is 0 Å². The normalized spacial score (nSPS) is 22.1. The van der Waals surface area contributed by atoms with Crippen LogP contribution in [0.1, 0.15) is 18.7 Å². The van der Waals surface area contributed by atoms with Crippen LogP contribution in [0.25, 0.3) is 22.5 Å². The molecular weight excluding hydrogens is 372 g/mol. The lowest BCUT2D eigenvalue weighted by molar-refractivity contribution is -0.185. The summed E-state index contributed by atoms with van der Waals surface area (Å²) in [6, 6.07) is 20.0. The van der Waals surface area contributed by atoms with E-state index >= 15 is 0 Å². The van der Waals surface area contributed by atoms with E-state index in [2.05, 4.69) is 4.98 Å². The first-order chi connectivity index (χ1) is 13.7. The number of H-pyrrole nitrogens is 1. The Labute approximate surface area is 169 Å². The minimum Gasteiger partial charge on any atom is -0.393 e.